The van der Waals surface area contributed by atoms with E-state index in [9.17, 15) is 9.90 Å². The molecule has 0 fully saturated rings. The molecule has 2 aromatic carbocycles. The van der Waals surface area contributed by atoms with Crippen LogP contribution in [0.25, 0.3) is 0 Å². The molecule has 146 valence electrons. The SMILES string of the molecule is COc1cc(C[C@H](Nc2cccc(C(C)C)c2)C(=O)O)cc(OC)c1OC. The maximum atomic E-state index is 11.8. The molecule has 0 spiro atoms. The van der Waals surface area contributed by atoms with Crippen LogP contribution in [0.4, 0.5) is 5.69 Å². The molecule has 0 aliphatic rings. The summed E-state index contributed by atoms with van der Waals surface area (Å²) in [7, 11) is 4.60. The van der Waals surface area contributed by atoms with Crippen LogP contribution in [0.5, 0.6) is 17.2 Å². The maximum absolute atomic E-state index is 11.8. The van der Waals surface area contributed by atoms with Crippen LogP contribution in [-0.2, 0) is 11.2 Å². The van der Waals surface area contributed by atoms with Gasteiger partial charge in [0.05, 0.1) is 21.3 Å². The van der Waals surface area contributed by atoms with Gasteiger partial charge in [-0.2, -0.15) is 0 Å². The zero-order valence-electron chi connectivity index (χ0n) is 16.4. The monoisotopic (exact) mass is 373 g/mol. The van der Waals surface area contributed by atoms with Crippen LogP contribution in [0.2, 0.25) is 0 Å². The molecule has 27 heavy (non-hydrogen) atoms. The second kappa shape index (κ2) is 9.16. The fourth-order valence-corrected chi connectivity index (χ4v) is 2.88. The van der Waals surface area contributed by atoms with Gasteiger partial charge < -0.3 is 24.6 Å². The van der Waals surface area contributed by atoms with E-state index in [4.69, 9.17) is 14.2 Å². The van der Waals surface area contributed by atoms with Crippen molar-refractivity contribution in [1.82, 2.24) is 0 Å². The fourth-order valence-electron chi connectivity index (χ4n) is 2.88. The molecule has 0 amide bonds. The number of nitrogens with one attached hydrogen (secondary N) is 1. The van der Waals surface area contributed by atoms with Crippen molar-refractivity contribution in [2.75, 3.05) is 26.6 Å². The van der Waals surface area contributed by atoms with Gasteiger partial charge in [0.25, 0.3) is 0 Å². The van der Waals surface area contributed by atoms with Crippen LogP contribution in [0.1, 0.15) is 30.9 Å². The van der Waals surface area contributed by atoms with E-state index in [0.29, 0.717) is 23.2 Å². The Morgan fingerprint density at radius 3 is 2.15 bits per heavy atom. The number of ether oxygens (including phenoxy) is 3. The standard InChI is InChI=1S/C21H27NO5/c1-13(2)15-7-6-8-16(12-15)22-17(21(23)24)9-14-10-18(25-3)20(27-5)19(11-14)26-4/h6-8,10-13,17,22H,9H2,1-5H3,(H,23,24)/t17-/m0/s1. The Kier molecular flexibility index (Phi) is 6.93. The maximum Gasteiger partial charge on any atom is 0.326 e. The molecular weight excluding hydrogens is 346 g/mol. The number of methoxy groups -OCH3 is 3. The molecule has 0 saturated carbocycles. The van der Waals surface area contributed by atoms with Gasteiger partial charge in [-0.3, -0.25) is 0 Å². The van der Waals surface area contributed by atoms with Crippen LogP contribution in [-0.4, -0.2) is 38.4 Å². The average Bonchev–Trinajstić information content (AvgIpc) is 2.66. The highest BCUT2D eigenvalue weighted by Gasteiger charge is 2.21. The summed E-state index contributed by atoms with van der Waals surface area (Å²) in [6, 6.07) is 10.6. The van der Waals surface area contributed by atoms with Crippen LogP contribution >= 0.6 is 0 Å². The van der Waals surface area contributed by atoms with Gasteiger partial charge in [0, 0.05) is 12.1 Å². The molecule has 0 heterocycles. The molecule has 0 saturated heterocycles. The average molecular weight is 373 g/mol. The lowest BCUT2D eigenvalue weighted by molar-refractivity contribution is -0.137. The van der Waals surface area contributed by atoms with E-state index >= 15 is 0 Å². The number of rotatable bonds is 9. The highest BCUT2D eigenvalue weighted by Crippen LogP contribution is 2.38. The van der Waals surface area contributed by atoms with E-state index in [1.807, 2.05) is 24.3 Å². The van der Waals surface area contributed by atoms with Crippen molar-refractivity contribution in [2.45, 2.75) is 32.2 Å². The third-order valence-electron chi connectivity index (χ3n) is 4.36. The number of hydrogen-bond acceptors (Lipinski definition) is 5. The van der Waals surface area contributed by atoms with Crippen LogP contribution in [0, 0.1) is 0 Å². The third-order valence-corrected chi connectivity index (χ3v) is 4.36. The molecule has 0 aromatic heterocycles. The molecular formula is C21H27NO5. The zero-order valence-corrected chi connectivity index (χ0v) is 16.4. The van der Waals surface area contributed by atoms with Crippen molar-refractivity contribution >= 4 is 11.7 Å². The lowest BCUT2D eigenvalue weighted by Gasteiger charge is -2.19. The second-order valence-corrected chi connectivity index (χ2v) is 6.55. The van der Waals surface area contributed by atoms with Gasteiger partial charge in [0.15, 0.2) is 11.5 Å². The number of anilines is 1. The highest BCUT2D eigenvalue weighted by atomic mass is 16.5. The van der Waals surface area contributed by atoms with Gasteiger partial charge >= 0.3 is 5.97 Å². The molecule has 0 unspecified atom stereocenters. The Balaban J connectivity index is 2.29. The first-order valence-corrected chi connectivity index (χ1v) is 8.77. The van der Waals surface area contributed by atoms with Gasteiger partial charge in [-0.05, 0) is 41.3 Å². The Morgan fingerprint density at radius 1 is 1.04 bits per heavy atom. The molecule has 0 bridgehead atoms. The number of benzene rings is 2. The predicted molar refractivity (Wildman–Crippen MR) is 105 cm³/mol. The summed E-state index contributed by atoms with van der Waals surface area (Å²) < 4.78 is 16.0. The normalized spacial score (nSPS) is 11.8. The van der Waals surface area contributed by atoms with Gasteiger partial charge in [-0.25, -0.2) is 4.79 Å². The fraction of sp³-hybridized carbons (Fsp3) is 0.381. The minimum absolute atomic E-state index is 0.262. The van der Waals surface area contributed by atoms with Crippen LogP contribution < -0.4 is 19.5 Å². The summed E-state index contributed by atoms with van der Waals surface area (Å²) in [5.74, 6) is 0.910. The Labute approximate surface area is 160 Å². The third kappa shape index (κ3) is 5.06. The first-order chi connectivity index (χ1) is 12.9. The van der Waals surface area contributed by atoms with E-state index in [-0.39, 0.29) is 6.42 Å². The molecule has 2 rings (SSSR count). The van der Waals surface area contributed by atoms with E-state index in [1.165, 1.54) is 21.3 Å². The van der Waals surface area contributed by atoms with Gasteiger partial charge in [-0.1, -0.05) is 26.0 Å². The van der Waals surface area contributed by atoms with Crippen molar-refractivity contribution in [3.8, 4) is 17.2 Å². The summed E-state index contributed by atoms with van der Waals surface area (Å²) in [5.41, 5.74) is 2.70. The number of carboxylic acids is 1. The number of carboxylic acid groups (broad SMARTS) is 1. The van der Waals surface area contributed by atoms with E-state index in [1.54, 1.807) is 12.1 Å². The zero-order chi connectivity index (χ0) is 20.0. The largest absolute Gasteiger partial charge is 0.493 e. The Bertz CT molecular complexity index is 763. The van der Waals surface area contributed by atoms with E-state index in [2.05, 4.69) is 19.2 Å². The van der Waals surface area contributed by atoms with Crippen molar-refractivity contribution in [3.05, 3.63) is 47.5 Å². The molecule has 1 atom stereocenters. The molecule has 6 nitrogen and oxygen atoms in total. The molecule has 2 N–H and O–H groups in total. The first-order valence-electron chi connectivity index (χ1n) is 8.77. The van der Waals surface area contributed by atoms with Crippen molar-refractivity contribution in [1.29, 1.82) is 0 Å². The molecule has 0 aliphatic heterocycles. The first kappa shape index (κ1) is 20.4. The molecule has 2 aromatic rings. The summed E-state index contributed by atoms with van der Waals surface area (Å²) >= 11 is 0. The lowest BCUT2D eigenvalue weighted by atomic mass is 10.0. The van der Waals surface area contributed by atoms with Gasteiger partial charge in [0.2, 0.25) is 5.75 Å². The lowest BCUT2D eigenvalue weighted by Crippen LogP contribution is -2.31. The Morgan fingerprint density at radius 2 is 1.67 bits per heavy atom. The van der Waals surface area contributed by atoms with E-state index in [0.717, 1.165) is 16.8 Å². The Hall–Kier alpha value is -2.89. The highest BCUT2D eigenvalue weighted by molar-refractivity contribution is 5.78. The number of hydrogen-bond donors (Lipinski definition) is 2. The summed E-state index contributed by atoms with van der Waals surface area (Å²) in [6.07, 6.45) is 0.262. The summed E-state index contributed by atoms with van der Waals surface area (Å²) in [5, 5.41) is 12.8. The molecule has 0 aliphatic carbocycles. The predicted octanol–water partition coefficient (Wildman–Crippen LogP) is 3.94. The molecule has 6 heteroatoms. The van der Waals surface area contributed by atoms with Gasteiger partial charge in [0.1, 0.15) is 6.04 Å². The smallest absolute Gasteiger partial charge is 0.326 e. The van der Waals surface area contributed by atoms with Crippen molar-refractivity contribution < 1.29 is 24.1 Å². The minimum Gasteiger partial charge on any atom is -0.493 e. The van der Waals surface area contributed by atoms with Crippen molar-refractivity contribution in [3.63, 3.8) is 0 Å². The molecule has 0 radical (unpaired) electrons. The number of aliphatic carboxylic acids is 1. The quantitative estimate of drug-likeness (QED) is 0.693. The van der Waals surface area contributed by atoms with Crippen molar-refractivity contribution in [2.24, 2.45) is 0 Å². The second-order valence-electron chi connectivity index (χ2n) is 6.55. The minimum atomic E-state index is -0.932. The van der Waals surface area contributed by atoms with E-state index < -0.39 is 12.0 Å². The number of carbonyl (C=O) groups is 1. The summed E-state index contributed by atoms with van der Waals surface area (Å²) in [6.45, 7) is 4.20. The summed E-state index contributed by atoms with van der Waals surface area (Å²) in [4.78, 5) is 11.8. The van der Waals surface area contributed by atoms with Crippen LogP contribution in [0.15, 0.2) is 36.4 Å². The van der Waals surface area contributed by atoms with Gasteiger partial charge in [-0.15, -0.1) is 0 Å². The van der Waals surface area contributed by atoms with Crippen LogP contribution in [0.3, 0.4) is 0 Å². The topological polar surface area (TPSA) is 77.0 Å².